The van der Waals surface area contributed by atoms with Crippen molar-refractivity contribution in [1.29, 1.82) is 0 Å². The molecule has 0 rings (SSSR count). The Morgan fingerprint density at radius 3 is 1.91 bits per heavy atom. The number of carboxylic acid groups (broad SMARTS) is 2. The van der Waals surface area contributed by atoms with Crippen molar-refractivity contribution in [3.05, 3.63) is 0 Å². The maximum absolute atomic E-state index is 10.9. The van der Waals surface area contributed by atoms with Gasteiger partial charge < -0.3 is 15.5 Å². The zero-order valence-electron chi connectivity index (χ0n) is 13.4. The average molecular weight is 341 g/mol. The first-order chi connectivity index (χ1) is 10.4. The smallest absolute Gasteiger partial charge is 0.321 e. The molecule has 0 fully saturated rings. The van der Waals surface area contributed by atoms with Gasteiger partial charge in [0.25, 0.3) is 0 Å². The average Bonchev–Trinajstić information content (AvgIpc) is 2.42. The monoisotopic (exact) mass is 341 g/mol. The summed E-state index contributed by atoms with van der Waals surface area (Å²) in [6.07, 6.45) is 0.0917. The fourth-order valence-electron chi connectivity index (χ4n) is 1.76. The highest BCUT2D eigenvalue weighted by molar-refractivity contribution is 8.21. The Bertz CT molecular complexity index is 323. The van der Waals surface area contributed by atoms with Crippen molar-refractivity contribution in [3.63, 3.8) is 0 Å². The van der Waals surface area contributed by atoms with Crippen LogP contribution in [0, 0.1) is 0 Å². The molecule has 3 N–H and O–H groups in total. The summed E-state index contributed by atoms with van der Waals surface area (Å²) >= 11 is 0. The van der Waals surface area contributed by atoms with Crippen molar-refractivity contribution in [2.75, 3.05) is 32.1 Å². The fraction of sp³-hybridized carbons (Fsp3) is 0.846. The maximum atomic E-state index is 10.9. The van der Waals surface area contributed by atoms with E-state index in [0.29, 0.717) is 38.5 Å². The molecule has 0 aromatic rings. The van der Waals surface area contributed by atoms with E-state index in [1.807, 2.05) is 20.8 Å². The van der Waals surface area contributed by atoms with Crippen LogP contribution in [-0.2, 0) is 22.1 Å². The van der Waals surface area contributed by atoms with Gasteiger partial charge in [-0.25, -0.2) is 0 Å². The van der Waals surface area contributed by atoms with E-state index in [4.69, 9.17) is 22.8 Å². The third-order valence-corrected chi connectivity index (χ3v) is 5.10. The van der Waals surface area contributed by atoms with E-state index >= 15 is 0 Å². The van der Waals surface area contributed by atoms with Gasteiger partial charge in [-0.05, 0) is 33.7 Å². The number of nitrogens with one attached hydrogen (secondary N) is 1. The summed E-state index contributed by atoms with van der Waals surface area (Å²) in [6, 6.07) is -1.10. The number of hydrogen-bond donors (Lipinski definition) is 3. The molecule has 8 nitrogen and oxygen atoms in total. The summed E-state index contributed by atoms with van der Waals surface area (Å²) in [5.41, 5.74) is 0. The Balaban J connectivity index is 4.40. The molecule has 0 aromatic carbocycles. The minimum absolute atomic E-state index is 0.340. The molecule has 0 aliphatic carbocycles. The topological polar surface area (TPSA) is 114 Å². The second kappa shape index (κ2) is 11.7. The van der Waals surface area contributed by atoms with Crippen molar-refractivity contribution in [3.8, 4) is 0 Å². The molecule has 0 amide bonds. The molecule has 0 heterocycles. The standard InChI is InChI=1S/C13H27NO7S/c1-4-19-22(20-5-2,21-6-3)9-7-8-14-11(13(17)18)10-12(15)16/h11,14H,4-10H2,1-3H3,(H,15,16)(H,17,18)/t11-/m0/s1. The van der Waals surface area contributed by atoms with Crippen LogP contribution in [0.3, 0.4) is 0 Å². The van der Waals surface area contributed by atoms with Gasteiger partial charge in [-0.3, -0.25) is 22.1 Å². The quantitative estimate of drug-likeness (QED) is 0.408. The molecular weight excluding hydrogens is 314 g/mol. The summed E-state index contributed by atoms with van der Waals surface area (Å²) in [5, 5.41) is 20.3. The highest BCUT2D eigenvalue weighted by Gasteiger charge is 2.26. The van der Waals surface area contributed by atoms with Crippen LogP contribution >= 0.6 is 10.9 Å². The van der Waals surface area contributed by atoms with E-state index in [0.717, 1.165) is 0 Å². The van der Waals surface area contributed by atoms with Gasteiger partial charge in [0, 0.05) is 5.75 Å². The van der Waals surface area contributed by atoms with Crippen LogP contribution in [0.2, 0.25) is 0 Å². The Hall–Kier alpha value is -0.870. The van der Waals surface area contributed by atoms with Gasteiger partial charge in [-0.2, -0.15) is 0 Å². The lowest BCUT2D eigenvalue weighted by molar-refractivity contribution is -0.145. The molecule has 0 radical (unpaired) electrons. The Kier molecular flexibility index (Phi) is 11.2. The van der Waals surface area contributed by atoms with Crippen LogP contribution in [0.4, 0.5) is 0 Å². The zero-order valence-corrected chi connectivity index (χ0v) is 14.2. The molecule has 0 bridgehead atoms. The van der Waals surface area contributed by atoms with Crippen LogP contribution < -0.4 is 5.32 Å². The third kappa shape index (κ3) is 8.54. The second-order valence-corrected chi connectivity index (χ2v) is 6.51. The molecule has 1 atom stereocenters. The van der Waals surface area contributed by atoms with Crippen LogP contribution in [0.15, 0.2) is 0 Å². The summed E-state index contributed by atoms with van der Waals surface area (Å²) < 4.78 is 16.9. The van der Waals surface area contributed by atoms with E-state index in [9.17, 15) is 9.59 Å². The predicted molar refractivity (Wildman–Crippen MR) is 83.6 cm³/mol. The summed E-state index contributed by atoms with van der Waals surface area (Å²) in [7, 11) is -2.09. The van der Waals surface area contributed by atoms with Gasteiger partial charge in [-0.15, -0.1) is 0 Å². The van der Waals surface area contributed by atoms with Gasteiger partial charge in [0.1, 0.15) is 6.04 Å². The normalized spacial score (nSPS) is 13.8. The SMILES string of the molecule is CCOS(CCCN[C@@H](CC(=O)O)C(=O)O)(OCC)OCC. The lowest BCUT2D eigenvalue weighted by Crippen LogP contribution is -2.39. The van der Waals surface area contributed by atoms with Crippen molar-refractivity contribution in [2.45, 2.75) is 39.7 Å². The number of carbonyl (C=O) groups is 2. The number of aliphatic carboxylic acids is 2. The molecule has 0 unspecified atom stereocenters. The highest BCUT2D eigenvalue weighted by Crippen LogP contribution is 2.51. The van der Waals surface area contributed by atoms with Gasteiger partial charge in [-0.1, -0.05) is 0 Å². The largest absolute Gasteiger partial charge is 0.481 e. The minimum atomic E-state index is -2.09. The van der Waals surface area contributed by atoms with Gasteiger partial charge in [0.05, 0.1) is 37.1 Å². The summed E-state index contributed by atoms with van der Waals surface area (Å²) in [5.74, 6) is -1.84. The van der Waals surface area contributed by atoms with Gasteiger partial charge >= 0.3 is 11.9 Å². The fourth-order valence-corrected chi connectivity index (χ4v) is 3.90. The van der Waals surface area contributed by atoms with Crippen LogP contribution in [0.5, 0.6) is 0 Å². The molecule has 9 heteroatoms. The molecule has 0 aliphatic heterocycles. The lowest BCUT2D eigenvalue weighted by atomic mass is 10.2. The first-order valence-corrected chi connectivity index (χ1v) is 8.90. The highest BCUT2D eigenvalue weighted by atomic mass is 32.3. The molecule has 0 aromatic heterocycles. The van der Waals surface area contributed by atoms with Crippen molar-refractivity contribution < 1.29 is 32.4 Å². The molecule has 22 heavy (non-hydrogen) atoms. The van der Waals surface area contributed by atoms with Gasteiger partial charge in [0.2, 0.25) is 0 Å². The molecule has 132 valence electrons. The number of carboxylic acids is 2. The molecular formula is C13H27NO7S. The maximum Gasteiger partial charge on any atom is 0.321 e. The second-order valence-electron chi connectivity index (χ2n) is 4.28. The molecule has 0 spiro atoms. The lowest BCUT2D eigenvalue weighted by Gasteiger charge is -2.36. The number of hydrogen-bond acceptors (Lipinski definition) is 6. The Labute approximate surface area is 133 Å². The van der Waals surface area contributed by atoms with Crippen LogP contribution in [0.1, 0.15) is 33.6 Å². The van der Waals surface area contributed by atoms with Crippen molar-refractivity contribution in [2.24, 2.45) is 0 Å². The van der Waals surface area contributed by atoms with E-state index in [1.165, 1.54) is 0 Å². The minimum Gasteiger partial charge on any atom is -0.481 e. The van der Waals surface area contributed by atoms with Crippen molar-refractivity contribution >= 4 is 22.8 Å². The molecule has 0 saturated heterocycles. The molecule has 0 aliphatic rings. The van der Waals surface area contributed by atoms with E-state index in [2.05, 4.69) is 5.32 Å². The van der Waals surface area contributed by atoms with Gasteiger partial charge in [0.15, 0.2) is 0 Å². The third-order valence-electron chi connectivity index (χ3n) is 2.53. The first kappa shape index (κ1) is 21.1. The Morgan fingerprint density at radius 2 is 1.55 bits per heavy atom. The summed E-state index contributed by atoms with van der Waals surface area (Å²) in [4.78, 5) is 21.5. The van der Waals surface area contributed by atoms with E-state index < -0.39 is 35.3 Å². The van der Waals surface area contributed by atoms with E-state index in [-0.39, 0.29) is 0 Å². The first-order valence-electron chi connectivity index (χ1n) is 7.32. The zero-order chi connectivity index (χ0) is 17.0. The molecule has 0 saturated carbocycles. The van der Waals surface area contributed by atoms with Crippen LogP contribution in [0.25, 0.3) is 0 Å². The van der Waals surface area contributed by atoms with Crippen molar-refractivity contribution in [1.82, 2.24) is 5.32 Å². The van der Waals surface area contributed by atoms with E-state index in [1.54, 1.807) is 0 Å². The summed E-state index contributed by atoms with van der Waals surface area (Å²) in [6.45, 7) is 7.27. The predicted octanol–water partition coefficient (Wildman–Crippen LogP) is 1.55. The Morgan fingerprint density at radius 1 is 1.05 bits per heavy atom. The number of rotatable bonds is 14. The van der Waals surface area contributed by atoms with Crippen LogP contribution in [-0.4, -0.2) is 60.3 Å².